The Bertz CT molecular complexity index is 570. The molecule has 2 aromatic rings. The van der Waals surface area contributed by atoms with Crippen molar-refractivity contribution in [3.63, 3.8) is 0 Å². The Balaban J connectivity index is 1.51. The van der Waals surface area contributed by atoms with Gasteiger partial charge >= 0.3 is 0 Å². The van der Waals surface area contributed by atoms with Gasteiger partial charge in [0.15, 0.2) is 0 Å². The first-order chi connectivity index (χ1) is 10.3. The molecule has 1 aliphatic carbocycles. The van der Waals surface area contributed by atoms with Crippen LogP contribution in [0.15, 0.2) is 18.2 Å². The van der Waals surface area contributed by atoms with Crippen LogP contribution in [0.5, 0.6) is 5.75 Å². The molecule has 0 saturated heterocycles. The number of nitrogens with one attached hydrogen (secondary N) is 2. The average molecular weight is 287 g/mol. The number of aromatic amines is 1. The number of aromatic hydroxyl groups is 1. The van der Waals surface area contributed by atoms with Gasteiger partial charge in [0.2, 0.25) is 0 Å². The van der Waals surface area contributed by atoms with Crippen LogP contribution in [0, 0.1) is 0 Å². The fraction of sp³-hybridized carbons (Fsp3) is 0.588. The summed E-state index contributed by atoms with van der Waals surface area (Å²) in [4.78, 5) is 7.85. The van der Waals surface area contributed by atoms with Crippen molar-refractivity contribution in [2.45, 2.75) is 57.4 Å². The summed E-state index contributed by atoms with van der Waals surface area (Å²) in [6, 6.07) is 5.94. The minimum absolute atomic E-state index is 0.283. The zero-order valence-electron chi connectivity index (χ0n) is 12.6. The maximum atomic E-state index is 9.48. The lowest BCUT2D eigenvalue weighted by Gasteiger charge is -2.20. The topological polar surface area (TPSA) is 60.9 Å². The van der Waals surface area contributed by atoms with Crippen LogP contribution in [0.2, 0.25) is 0 Å². The van der Waals surface area contributed by atoms with Gasteiger partial charge in [0, 0.05) is 25.1 Å². The van der Waals surface area contributed by atoms with Crippen molar-refractivity contribution in [3.8, 4) is 5.75 Å². The molecule has 3 rings (SSSR count). The van der Waals surface area contributed by atoms with Crippen molar-refractivity contribution in [2.24, 2.45) is 0 Å². The van der Waals surface area contributed by atoms with Crippen molar-refractivity contribution < 1.29 is 5.11 Å². The second kappa shape index (κ2) is 6.94. The maximum absolute atomic E-state index is 9.48. The molecule has 1 heterocycles. The number of benzene rings is 1. The highest BCUT2D eigenvalue weighted by Gasteiger charge is 2.11. The molecule has 0 aliphatic heterocycles. The lowest BCUT2D eigenvalue weighted by atomic mass is 9.97. The molecule has 4 heteroatoms. The minimum atomic E-state index is 0.283. The van der Waals surface area contributed by atoms with E-state index in [2.05, 4.69) is 15.3 Å². The second-order valence-corrected chi connectivity index (χ2v) is 6.13. The first-order valence-electron chi connectivity index (χ1n) is 8.22. The van der Waals surface area contributed by atoms with Crippen molar-refractivity contribution >= 4 is 11.0 Å². The molecule has 0 spiro atoms. The Morgan fingerprint density at radius 2 is 1.90 bits per heavy atom. The van der Waals surface area contributed by atoms with Crippen LogP contribution in [0.25, 0.3) is 11.0 Å². The fourth-order valence-corrected chi connectivity index (χ4v) is 3.22. The third kappa shape index (κ3) is 3.97. The molecule has 1 aromatic carbocycles. The Morgan fingerprint density at radius 3 is 2.71 bits per heavy atom. The van der Waals surface area contributed by atoms with Gasteiger partial charge in [-0.25, -0.2) is 4.98 Å². The molecule has 114 valence electrons. The van der Waals surface area contributed by atoms with Gasteiger partial charge in [0.05, 0.1) is 11.0 Å². The molecule has 4 nitrogen and oxygen atoms in total. The number of fused-ring (bicyclic) bond motifs is 1. The highest BCUT2D eigenvalue weighted by atomic mass is 16.3. The predicted octanol–water partition coefficient (Wildman–Crippen LogP) is 3.51. The Morgan fingerprint density at radius 1 is 1.14 bits per heavy atom. The van der Waals surface area contributed by atoms with E-state index in [1.807, 2.05) is 6.07 Å². The molecule has 0 unspecified atom stereocenters. The summed E-state index contributed by atoms with van der Waals surface area (Å²) in [7, 11) is 0. The van der Waals surface area contributed by atoms with Gasteiger partial charge in [0.25, 0.3) is 0 Å². The molecule has 21 heavy (non-hydrogen) atoms. The lowest BCUT2D eigenvalue weighted by Crippen LogP contribution is -2.31. The number of hydrogen-bond acceptors (Lipinski definition) is 3. The van der Waals surface area contributed by atoms with Crippen molar-refractivity contribution in [1.82, 2.24) is 15.3 Å². The van der Waals surface area contributed by atoms with Crippen LogP contribution in [-0.2, 0) is 6.42 Å². The second-order valence-electron chi connectivity index (χ2n) is 6.13. The van der Waals surface area contributed by atoms with E-state index in [0.29, 0.717) is 6.04 Å². The first-order valence-corrected chi connectivity index (χ1v) is 8.22. The third-order valence-corrected chi connectivity index (χ3v) is 4.41. The molecule has 0 amide bonds. The molecule has 1 aliphatic rings. The van der Waals surface area contributed by atoms with Crippen LogP contribution in [0.4, 0.5) is 0 Å². The van der Waals surface area contributed by atoms with Crippen molar-refractivity contribution in [1.29, 1.82) is 0 Å². The summed E-state index contributed by atoms with van der Waals surface area (Å²) in [5.41, 5.74) is 1.84. The highest BCUT2D eigenvalue weighted by Crippen LogP contribution is 2.18. The van der Waals surface area contributed by atoms with E-state index >= 15 is 0 Å². The summed E-state index contributed by atoms with van der Waals surface area (Å²) >= 11 is 0. The number of hydrogen-bond donors (Lipinski definition) is 3. The van der Waals surface area contributed by atoms with E-state index in [4.69, 9.17) is 0 Å². The van der Waals surface area contributed by atoms with Gasteiger partial charge in [-0.3, -0.25) is 0 Å². The van der Waals surface area contributed by atoms with Crippen molar-refractivity contribution in [2.75, 3.05) is 6.54 Å². The average Bonchev–Trinajstić information content (AvgIpc) is 2.82. The van der Waals surface area contributed by atoms with Gasteiger partial charge in [-0.2, -0.15) is 0 Å². The fourth-order valence-electron chi connectivity index (χ4n) is 3.22. The lowest BCUT2D eigenvalue weighted by molar-refractivity contribution is 0.391. The molecule has 1 aromatic heterocycles. The summed E-state index contributed by atoms with van der Waals surface area (Å²) in [5, 5.41) is 13.2. The number of nitrogens with zero attached hydrogens (tertiary/aromatic N) is 1. The van der Waals surface area contributed by atoms with Crippen LogP contribution >= 0.6 is 0 Å². The molecule has 3 N–H and O–H groups in total. The monoisotopic (exact) mass is 287 g/mol. The summed E-state index contributed by atoms with van der Waals surface area (Å²) in [6.07, 6.45) is 10.5. The quantitative estimate of drug-likeness (QED) is 0.806. The van der Waals surface area contributed by atoms with Gasteiger partial charge in [0.1, 0.15) is 11.6 Å². The molecule has 0 bridgehead atoms. The van der Waals surface area contributed by atoms with Gasteiger partial charge in [-0.1, -0.05) is 32.1 Å². The first kappa shape index (κ1) is 14.4. The standard InChI is InChI=1S/C17H25N3O/c21-14-8-9-15-16(12-14)20-17(19-15)10-11-18-13-6-4-2-1-3-5-7-13/h8-9,12-13,18,21H,1-7,10-11H2,(H,19,20). The van der Waals surface area contributed by atoms with Gasteiger partial charge in [-0.05, 0) is 25.0 Å². The SMILES string of the molecule is Oc1ccc2nc(CCNC3CCCCCCC3)[nH]c2c1. The van der Waals surface area contributed by atoms with E-state index < -0.39 is 0 Å². The molecule has 0 radical (unpaired) electrons. The molecular formula is C17H25N3O. The summed E-state index contributed by atoms with van der Waals surface area (Å²) in [6.45, 7) is 0.969. The van der Waals surface area contributed by atoms with Gasteiger partial charge in [-0.15, -0.1) is 0 Å². The van der Waals surface area contributed by atoms with Crippen LogP contribution < -0.4 is 5.32 Å². The van der Waals surface area contributed by atoms with Crippen LogP contribution in [0.1, 0.15) is 50.8 Å². The zero-order valence-corrected chi connectivity index (χ0v) is 12.6. The molecule has 1 fully saturated rings. The highest BCUT2D eigenvalue weighted by molar-refractivity contribution is 5.76. The number of aromatic nitrogens is 2. The van der Waals surface area contributed by atoms with E-state index in [0.717, 1.165) is 29.8 Å². The summed E-state index contributed by atoms with van der Waals surface area (Å²) in [5.74, 6) is 1.28. The number of imidazole rings is 1. The number of rotatable bonds is 4. The number of phenols is 1. The number of H-pyrrole nitrogens is 1. The molecular weight excluding hydrogens is 262 g/mol. The summed E-state index contributed by atoms with van der Waals surface area (Å²) < 4.78 is 0. The number of phenolic OH excluding ortho intramolecular Hbond substituents is 1. The van der Waals surface area contributed by atoms with Crippen molar-refractivity contribution in [3.05, 3.63) is 24.0 Å². The third-order valence-electron chi connectivity index (χ3n) is 4.41. The zero-order chi connectivity index (χ0) is 14.5. The van der Waals surface area contributed by atoms with E-state index in [1.54, 1.807) is 12.1 Å². The Hall–Kier alpha value is -1.55. The molecule has 1 saturated carbocycles. The maximum Gasteiger partial charge on any atom is 0.117 e. The Labute approximate surface area is 126 Å². The minimum Gasteiger partial charge on any atom is -0.508 e. The van der Waals surface area contributed by atoms with E-state index in [1.165, 1.54) is 44.9 Å². The largest absolute Gasteiger partial charge is 0.508 e. The normalized spacial score (nSPS) is 17.7. The smallest absolute Gasteiger partial charge is 0.117 e. The van der Waals surface area contributed by atoms with E-state index in [9.17, 15) is 5.11 Å². The van der Waals surface area contributed by atoms with Gasteiger partial charge < -0.3 is 15.4 Å². The Kier molecular flexibility index (Phi) is 4.76. The predicted molar refractivity (Wildman–Crippen MR) is 85.6 cm³/mol. The van der Waals surface area contributed by atoms with E-state index in [-0.39, 0.29) is 5.75 Å². The van der Waals surface area contributed by atoms with Crippen LogP contribution in [-0.4, -0.2) is 27.7 Å². The molecule has 0 atom stereocenters. The van der Waals surface area contributed by atoms with Crippen LogP contribution in [0.3, 0.4) is 0 Å².